The molecule has 6 nitrogen and oxygen atoms in total. The molecule has 0 aliphatic rings. The van der Waals surface area contributed by atoms with Crippen molar-refractivity contribution >= 4 is 38.8 Å². The van der Waals surface area contributed by atoms with Crippen molar-refractivity contribution in [3.63, 3.8) is 0 Å². The maximum absolute atomic E-state index is 11.4. The van der Waals surface area contributed by atoms with Crippen LogP contribution in [0.4, 0.5) is 6.01 Å². The zero-order valence-electron chi connectivity index (χ0n) is 7.84. The van der Waals surface area contributed by atoms with Crippen LogP contribution in [-0.4, -0.2) is 21.0 Å². The van der Waals surface area contributed by atoms with E-state index in [0.717, 1.165) is 0 Å². The van der Waals surface area contributed by atoms with Gasteiger partial charge in [-0.2, -0.15) is 0 Å². The lowest BCUT2D eigenvalue weighted by Crippen LogP contribution is -1.98. The third-order valence-electron chi connectivity index (χ3n) is 1.98. The first-order chi connectivity index (χ1) is 7.61. The minimum Gasteiger partial charge on any atom is -0.381 e. The first-order valence-electron chi connectivity index (χ1n) is 4.26. The zero-order valence-corrected chi connectivity index (χ0v) is 9.43. The summed E-state index contributed by atoms with van der Waals surface area (Å²) in [6.07, 6.45) is 0. The average molecular weight is 285 g/mol. The largest absolute Gasteiger partial charge is 0.546 e. The second kappa shape index (κ2) is 4.01. The third-order valence-corrected chi connectivity index (χ3v) is 2.49. The van der Waals surface area contributed by atoms with E-state index in [-0.39, 0.29) is 16.7 Å². The number of oxazole rings is 1. The molecule has 0 unspecified atom stereocenters. The van der Waals surface area contributed by atoms with E-state index in [9.17, 15) is 14.9 Å². The van der Waals surface area contributed by atoms with Crippen molar-refractivity contribution in [2.75, 3.05) is 5.33 Å². The van der Waals surface area contributed by atoms with Gasteiger partial charge < -0.3 is 14.5 Å². The topological polar surface area (TPSA) is 86.2 Å². The van der Waals surface area contributed by atoms with E-state index >= 15 is 0 Å². The minimum absolute atomic E-state index is 0.118. The molecule has 2 rings (SSSR count). The van der Waals surface area contributed by atoms with Crippen LogP contribution in [0.5, 0.6) is 0 Å². The summed E-state index contributed by atoms with van der Waals surface area (Å²) in [5, 5.41) is 10.6. The summed E-state index contributed by atoms with van der Waals surface area (Å²) in [5.41, 5.74) is 1.03. The highest BCUT2D eigenvalue weighted by Crippen LogP contribution is 2.21. The molecule has 82 valence electrons. The summed E-state index contributed by atoms with van der Waals surface area (Å²) in [7, 11) is 0. The van der Waals surface area contributed by atoms with E-state index in [4.69, 9.17) is 4.42 Å². The molecule has 1 heterocycles. The Morgan fingerprint density at radius 2 is 2.31 bits per heavy atom. The molecular formula is C9H5BrN2O4. The number of rotatable bonds is 3. The number of carbonyl (C=O) groups is 1. The first-order valence-corrected chi connectivity index (χ1v) is 5.38. The van der Waals surface area contributed by atoms with Crippen molar-refractivity contribution in [1.29, 1.82) is 0 Å². The lowest BCUT2D eigenvalue weighted by molar-refractivity contribution is -0.406. The fourth-order valence-corrected chi connectivity index (χ4v) is 1.57. The van der Waals surface area contributed by atoms with Gasteiger partial charge in [0.25, 0.3) is 0 Å². The number of benzene rings is 1. The highest BCUT2D eigenvalue weighted by Gasteiger charge is 2.18. The van der Waals surface area contributed by atoms with Crippen LogP contribution >= 0.6 is 15.9 Å². The van der Waals surface area contributed by atoms with Gasteiger partial charge in [0.2, 0.25) is 5.52 Å². The Balaban J connectivity index is 2.53. The number of Topliss-reactive ketones (excluding diaryl/α,β-unsaturated/α-hetero) is 1. The van der Waals surface area contributed by atoms with Crippen LogP contribution in [0.25, 0.3) is 11.1 Å². The van der Waals surface area contributed by atoms with Gasteiger partial charge in [0.05, 0.1) is 5.33 Å². The summed E-state index contributed by atoms with van der Waals surface area (Å²) in [4.78, 5) is 24.7. The van der Waals surface area contributed by atoms with Crippen molar-refractivity contribution in [3.05, 3.63) is 33.9 Å². The van der Waals surface area contributed by atoms with Gasteiger partial charge in [-0.05, 0) is 12.1 Å². The maximum Gasteiger partial charge on any atom is 0.546 e. The van der Waals surface area contributed by atoms with Crippen LogP contribution in [0.1, 0.15) is 10.4 Å². The molecule has 0 aliphatic carbocycles. The molecule has 0 saturated carbocycles. The molecule has 1 aromatic heterocycles. The Bertz CT molecular complexity index is 578. The van der Waals surface area contributed by atoms with Gasteiger partial charge in [0, 0.05) is 21.5 Å². The molecule has 0 bridgehead atoms. The van der Waals surface area contributed by atoms with Gasteiger partial charge in [-0.3, -0.25) is 4.79 Å². The van der Waals surface area contributed by atoms with Crippen molar-refractivity contribution in [2.45, 2.75) is 0 Å². The van der Waals surface area contributed by atoms with E-state index in [0.29, 0.717) is 11.1 Å². The van der Waals surface area contributed by atoms with Crippen LogP contribution in [0.15, 0.2) is 22.6 Å². The predicted molar refractivity (Wildman–Crippen MR) is 58.8 cm³/mol. The second-order valence-electron chi connectivity index (χ2n) is 2.99. The maximum atomic E-state index is 11.4. The van der Waals surface area contributed by atoms with Gasteiger partial charge in [-0.15, -0.1) is 0 Å². The average Bonchev–Trinajstić information content (AvgIpc) is 2.70. The number of carbonyl (C=O) groups excluding carboxylic acids is 1. The van der Waals surface area contributed by atoms with E-state index < -0.39 is 10.9 Å². The third kappa shape index (κ3) is 1.81. The molecule has 0 radical (unpaired) electrons. The SMILES string of the molecule is O=C(CBr)c1ccc2oc([N+](=O)[O-])nc2c1. The smallest absolute Gasteiger partial charge is 0.381 e. The molecule has 7 heteroatoms. The Labute approximate surface area is 97.5 Å². The number of hydrogen-bond acceptors (Lipinski definition) is 5. The number of halogens is 1. The Kier molecular flexibility index (Phi) is 2.69. The quantitative estimate of drug-likeness (QED) is 0.374. The standard InChI is InChI=1S/C9H5BrN2O4/c10-4-7(13)5-1-2-8-6(3-5)11-9(16-8)12(14)15/h1-3H,4H2. The number of nitrogens with zero attached hydrogens (tertiary/aromatic N) is 2. The summed E-state index contributed by atoms with van der Waals surface area (Å²) in [6, 6.07) is 3.93. The van der Waals surface area contributed by atoms with Gasteiger partial charge in [-0.1, -0.05) is 15.9 Å². The molecule has 0 saturated heterocycles. The van der Waals surface area contributed by atoms with Gasteiger partial charge in [0.1, 0.15) is 0 Å². The molecule has 16 heavy (non-hydrogen) atoms. The monoisotopic (exact) mass is 284 g/mol. The van der Waals surface area contributed by atoms with Crippen LogP contribution in [-0.2, 0) is 0 Å². The normalized spacial score (nSPS) is 10.6. The van der Waals surface area contributed by atoms with E-state index in [1.165, 1.54) is 12.1 Å². The van der Waals surface area contributed by atoms with Crippen LogP contribution in [0.2, 0.25) is 0 Å². The fraction of sp³-hybridized carbons (Fsp3) is 0.111. The van der Waals surface area contributed by atoms with Crippen molar-refractivity contribution in [3.8, 4) is 0 Å². The minimum atomic E-state index is -0.716. The van der Waals surface area contributed by atoms with Crippen LogP contribution in [0.3, 0.4) is 0 Å². The predicted octanol–water partition coefficient (Wildman–Crippen LogP) is 2.31. The molecular weight excluding hydrogens is 280 g/mol. The number of hydrogen-bond donors (Lipinski definition) is 0. The number of nitro groups is 1. The zero-order chi connectivity index (χ0) is 11.7. The Hall–Kier alpha value is -1.76. The lowest BCUT2D eigenvalue weighted by atomic mass is 10.1. The van der Waals surface area contributed by atoms with E-state index in [2.05, 4.69) is 20.9 Å². The molecule has 0 fully saturated rings. The molecule has 0 spiro atoms. The highest BCUT2D eigenvalue weighted by atomic mass is 79.9. The fourth-order valence-electron chi connectivity index (χ4n) is 1.24. The van der Waals surface area contributed by atoms with Crippen molar-refractivity contribution in [1.82, 2.24) is 4.98 Å². The van der Waals surface area contributed by atoms with Crippen LogP contribution < -0.4 is 0 Å². The first kappa shape index (κ1) is 10.7. The Morgan fingerprint density at radius 1 is 1.56 bits per heavy atom. The molecule has 0 atom stereocenters. The molecule has 0 aliphatic heterocycles. The van der Waals surface area contributed by atoms with Gasteiger partial charge in [-0.25, -0.2) is 0 Å². The van der Waals surface area contributed by atoms with Gasteiger partial charge >= 0.3 is 6.01 Å². The second-order valence-corrected chi connectivity index (χ2v) is 3.55. The van der Waals surface area contributed by atoms with Gasteiger partial charge in [0.15, 0.2) is 11.4 Å². The summed E-state index contributed by atoms with van der Waals surface area (Å²) < 4.78 is 4.86. The Morgan fingerprint density at radius 3 is 2.94 bits per heavy atom. The number of fused-ring (bicyclic) bond motifs is 1. The van der Waals surface area contributed by atoms with E-state index in [1.54, 1.807) is 6.07 Å². The molecule has 0 N–H and O–H groups in total. The summed E-state index contributed by atoms with van der Waals surface area (Å²) in [6.45, 7) is 0. The molecule has 2 aromatic rings. The summed E-state index contributed by atoms with van der Waals surface area (Å²) in [5.74, 6) is -0.118. The number of aromatic nitrogens is 1. The lowest BCUT2D eigenvalue weighted by Gasteiger charge is -1.93. The molecule has 0 amide bonds. The van der Waals surface area contributed by atoms with Crippen LogP contribution in [0, 0.1) is 10.1 Å². The number of alkyl halides is 1. The molecule has 1 aromatic carbocycles. The number of ketones is 1. The summed E-state index contributed by atoms with van der Waals surface area (Å²) >= 11 is 3.04. The van der Waals surface area contributed by atoms with Crippen molar-refractivity contribution < 1.29 is 14.1 Å². The van der Waals surface area contributed by atoms with Crippen molar-refractivity contribution in [2.24, 2.45) is 0 Å². The highest BCUT2D eigenvalue weighted by molar-refractivity contribution is 9.09. The van der Waals surface area contributed by atoms with E-state index in [1.807, 2.05) is 0 Å².